The van der Waals surface area contributed by atoms with Gasteiger partial charge in [0.15, 0.2) is 0 Å². The Hall–Kier alpha value is -0.920. The fourth-order valence-electron chi connectivity index (χ4n) is 2.70. The van der Waals surface area contributed by atoms with Gasteiger partial charge in [-0.15, -0.1) is 11.3 Å². The van der Waals surface area contributed by atoms with E-state index < -0.39 is 16.0 Å². The van der Waals surface area contributed by atoms with E-state index in [0.717, 1.165) is 37.0 Å². The molecule has 0 saturated heterocycles. The van der Waals surface area contributed by atoms with Crippen LogP contribution in [-0.2, 0) is 10.0 Å². The molecule has 1 saturated carbocycles. The zero-order valence-corrected chi connectivity index (χ0v) is 13.9. The Balaban J connectivity index is 2.33. The highest BCUT2D eigenvalue weighted by atomic mass is 32.2. The van der Waals surface area contributed by atoms with Gasteiger partial charge < -0.3 is 5.11 Å². The summed E-state index contributed by atoms with van der Waals surface area (Å²) in [7, 11) is -3.61. The standard InChI is InChI=1S/C14H21NO4S2/c1-10(2)8-15(11-5-3-4-6-11)21(18,19)12-7-13(14(16)17)20-9-12/h7,9-11H,3-6,8H2,1-2H3,(H,16,17). The number of carboxylic acid groups (broad SMARTS) is 1. The zero-order valence-electron chi connectivity index (χ0n) is 12.3. The molecule has 1 fully saturated rings. The molecule has 0 amide bonds. The number of carboxylic acids is 1. The van der Waals surface area contributed by atoms with Crippen LogP contribution in [0.2, 0.25) is 0 Å². The summed E-state index contributed by atoms with van der Waals surface area (Å²) < 4.78 is 27.2. The Morgan fingerprint density at radius 1 is 1.43 bits per heavy atom. The van der Waals surface area contributed by atoms with Gasteiger partial charge in [-0.1, -0.05) is 26.7 Å². The Morgan fingerprint density at radius 3 is 2.52 bits per heavy atom. The van der Waals surface area contributed by atoms with Crippen LogP contribution in [0.25, 0.3) is 0 Å². The maximum atomic E-state index is 12.8. The van der Waals surface area contributed by atoms with Gasteiger partial charge in [-0.3, -0.25) is 0 Å². The molecule has 5 nitrogen and oxygen atoms in total. The van der Waals surface area contributed by atoms with Crippen molar-refractivity contribution in [3.05, 3.63) is 16.3 Å². The molecule has 118 valence electrons. The van der Waals surface area contributed by atoms with Crippen molar-refractivity contribution in [2.75, 3.05) is 6.54 Å². The molecule has 2 rings (SSSR count). The van der Waals surface area contributed by atoms with Crippen molar-refractivity contribution < 1.29 is 18.3 Å². The minimum Gasteiger partial charge on any atom is -0.477 e. The molecule has 1 aliphatic rings. The van der Waals surface area contributed by atoms with Crippen molar-refractivity contribution in [1.82, 2.24) is 4.31 Å². The first kappa shape index (κ1) is 16.5. The van der Waals surface area contributed by atoms with E-state index in [-0.39, 0.29) is 21.7 Å². The lowest BCUT2D eigenvalue weighted by atomic mass is 10.2. The summed E-state index contributed by atoms with van der Waals surface area (Å²) in [4.78, 5) is 11.1. The van der Waals surface area contributed by atoms with E-state index in [0.29, 0.717) is 6.54 Å². The summed E-state index contributed by atoms with van der Waals surface area (Å²) in [6.45, 7) is 4.47. The van der Waals surface area contributed by atoms with Crippen molar-refractivity contribution in [3.63, 3.8) is 0 Å². The van der Waals surface area contributed by atoms with E-state index in [2.05, 4.69) is 0 Å². The third-order valence-electron chi connectivity index (χ3n) is 3.67. The van der Waals surface area contributed by atoms with Crippen LogP contribution in [0.4, 0.5) is 0 Å². The van der Waals surface area contributed by atoms with Crippen LogP contribution in [-0.4, -0.2) is 36.4 Å². The molecule has 1 heterocycles. The molecule has 1 aliphatic carbocycles. The summed E-state index contributed by atoms with van der Waals surface area (Å²) in [5.41, 5.74) is 0. The summed E-state index contributed by atoms with van der Waals surface area (Å²) in [5, 5.41) is 10.4. The lowest BCUT2D eigenvalue weighted by Gasteiger charge is -2.29. The maximum Gasteiger partial charge on any atom is 0.345 e. The van der Waals surface area contributed by atoms with Gasteiger partial charge in [-0.25, -0.2) is 13.2 Å². The third kappa shape index (κ3) is 3.64. The van der Waals surface area contributed by atoms with Crippen LogP contribution in [0, 0.1) is 5.92 Å². The number of nitrogens with zero attached hydrogens (tertiary/aromatic N) is 1. The molecule has 7 heteroatoms. The summed E-state index contributed by atoms with van der Waals surface area (Å²) in [5.74, 6) is -0.851. The van der Waals surface area contributed by atoms with E-state index >= 15 is 0 Å². The molecule has 1 aromatic heterocycles. The SMILES string of the molecule is CC(C)CN(C1CCCC1)S(=O)(=O)c1csc(C(=O)O)c1. The van der Waals surface area contributed by atoms with E-state index in [1.165, 1.54) is 11.4 Å². The molecule has 1 aromatic rings. The van der Waals surface area contributed by atoms with Crippen molar-refractivity contribution >= 4 is 27.3 Å². The largest absolute Gasteiger partial charge is 0.477 e. The van der Waals surface area contributed by atoms with Gasteiger partial charge in [0.05, 0.1) is 4.90 Å². The first-order valence-electron chi connectivity index (χ1n) is 7.16. The molecule has 1 N–H and O–H groups in total. The fourth-order valence-corrected chi connectivity index (χ4v) is 5.64. The Bertz CT molecular complexity index is 600. The van der Waals surface area contributed by atoms with Gasteiger partial charge in [0.2, 0.25) is 10.0 Å². The molecule has 0 radical (unpaired) electrons. The summed E-state index contributed by atoms with van der Waals surface area (Å²) >= 11 is 0.958. The molecule has 21 heavy (non-hydrogen) atoms. The molecular formula is C14H21NO4S2. The fraction of sp³-hybridized carbons (Fsp3) is 0.643. The summed E-state index contributed by atoms with van der Waals surface area (Å²) in [6.07, 6.45) is 3.89. The van der Waals surface area contributed by atoms with Crippen LogP contribution in [0.3, 0.4) is 0 Å². The predicted molar refractivity (Wildman–Crippen MR) is 82.3 cm³/mol. The second kappa shape index (κ2) is 6.46. The number of thiophene rings is 1. The minimum absolute atomic E-state index is 0.0468. The first-order chi connectivity index (χ1) is 9.82. The number of rotatable bonds is 6. The monoisotopic (exact) mass is 331 g/mol. The number of hydrogen-bond donors (Lipinski definition) is 1. The summed E-state index contributed by atoms with van der Waals surface area (Å²) in [6, 6.07) is 1.32. The van der Waals surface area contributed by atoms with Crippen LogP contribution in [0.1, 0.15) is 49.2 Å². The smallest absolute Gasteiger partial charge is 0.345 e. The van der Waals surface area contributed by atoms with Gasteiger partial charge in [-0.2, -0.15) is 4.31 Å². The van der Waals surface area contributed by atoms with Gasteiger partial charge in [0.1, 0.15) is 4.88 Å². The van der Waals surface area contributed by atoms with E-state index in [1.54, 1.807) is 4.31 Å². The van der Waals surface area contributed by atoms with E-state index in [9.17, 15) is 13.2 Å². The molecule has 0 atom stereocenters. The molecule has 0 unspecified atom stereocenters. The number of sulfonamides is 1. The zero-order chi connectivity index (χ0) is 15.6. The van der Waals surface area contributed by atoms with Crippen LogP contribution in [0.5, 0.6) is 0 Å². The highest BCUT2D eigenvalue weighted by Crippen LogP contribution is 2.31. The van der Waals surface area contributed by atoms with Gasteiger partial charge in [0.25, 0.3) is 0 Å². The van der Waals surface area contributed by atoms with E-state index in [4.69, 9.17) is 5.11 Å². The van der Waals surface area contributed by atoms with Crippen LogP contribution < -0.4 is 0 Å². The average Bonchev–Trinajstić information content (AvgIpc) is 3.06. The second-order valence-electron chi connectivity index (χ2n) is 5.86. The third-order valence-corrected chi connectivity index (χ3v) is 6.63. The van der Waals surface area contributed by atoms with Gasteiger partial charge in [-0.05, 0) is 24.8 Å². The van der Waals surface area contributed by atoms with Gasteiger partial charge >= 0.3 is 5.97 Å². The molecular weight excluding hydrogens is 310 g/mol. The molecule has 0 spiro atoms. The van der Waals surface area contributed by atoms with Gasteiger partial charge in [0, 0.05) is 18.0 Å². The Labute approximate surface area is 129 Å². The number of hydrogen-bond acceptors (Lipinski definition) is 4. The Kier molecular flexibility index (Phi) is 5.06. The highest BCUT2D eigenvalue weighted by molar-refractivity contribution is 7.89. The van der Waals surface area contributed by atoms with Crippen molar-refractivity contribution in [1.29, 1.82) is 0 Å². The molecule has 0 aliphatic heterocycles. The number of carbonyl (C=O) groups is 1. The first-order valence-corrected chi connectivity index (χ1v) is 9.48. The predicted octanol–water partition coefficient (Wildman–Crippen LogP) is 3.04. The van der Waals surface area contributed by atoms with E-state index in [1.807, 2.05) is 13.8 Å². The Morgan fingerprint density at radius 2 is 2.05 bits per heavy atom. The second-order valence-corrected chi connectivity index (χ2v) is 8.66. The lowest BCUT2D eigenvalue weighted by Crippen LogP contribution is -2.41. The van der Waals surface area contributed by atoms with Crippen molar-refractivity contribution in [3.8, 4) is 0 Å². The minimum atomic E-state index is -3.61. The molecule has 0 aromatic carbocycles. The van der Waals surface area contributed by atoms with Crippen molar-refractivity contribution in [2.24, 2.45) is 5.92 Å². The van der Waals surface area contributed by atoms with Crippen LogP contribution in [0.15, 0.2) is 16.3 Å². The normalized spacial score (nSPS) is 17.0. The number of aromatic carboxylic acids is 1. The quantitative estimate of drug-likeness (QED) is 0.869. The molecule has 0 bridgehead atoms. The average molecular weight is 331 g/mol. The topological polar surface area (TPSA) is 74.7 Å². The van der Waals surface area contributed by atoms with Crippen molar-refractivity contribution in [2.45, 2.75) is 50.5 Å². The lowest BCUT2D eigenvalue weighted by molar-refractivity contribution is 0.0702. The highest BCUT2D eigenvalue weighted by Gasteiger charge is 2.34. The van der Waals surface area contributed by atoms with Crippen LogP contribution >= 0.6 is 11.3 Å². The maximum absolute atomic E-state index is 12.8.